The molecule has 0 spiro atoms. The smallest absolute Gasteiger partial charge is 0.0826 e. The van der Waals surface area contributed by atoms with Gasteiger partial charge in [0.15, 0.2) is 0 Å². The molecule has 15 heavy (non-hydrogen) atoms. The highest BCUT2D eigenvalue weighted by Gasteiger charge is 2.03. The van der Waals surface area contributed by atoms with Crippen molar-refractivity contribution < 1.29 is 4.74 Å². The number of benzene rings is 1. The van der Waals surface area contributed by atoms with Crippen LogP contribution >= 0.6 is 0 Å². The molecule has 0 aromatic heterocycles. The van der Waals surface area contributed by atoms with Crippen LogP contribution in [0.1, 0.15) is 44.3 Å². The lowest BCUT2D eigenvalue weighted by Gasteiger charge is -2.12. The Morgan fingerprint density at radius 1 is 1.13 bits per heavy atom. The van der Waals surface area contributed by atoms with Crippen LogP contribution in [0, 0.1) is 6.92 Å². The van der Waals surface area contributed by atoms with Gasteiger partial charge in [0.25, 0.3) is 0 Å². The van der Waals surface area contributed by atoms with Crippen LogP contribution in [0.15, 0.2) is 30.3 Å². The molecular weight excluding hydrogens is 184 g/mol. The Kier molecular flexibility index (Phi) is 6.10. The van der Waals surface area contributed by atoms with Crippen LogP contribution in [0.5, 0.6) is 0 Å². The van der Waals surface area contributed by atoms with E-state index in [0.29, 0.717) is 0 Å². The van der Waals surface area contributed by atoms with Gasteiger partial charge in [-0.3, -0.25) is 0 Å². The van der Waals surface area contributed by atoms with Crippen LogP contribution in [0.2, 0.25) is 0 Å². The molecular formula is C14H21O. The Labute approximate surface area is 93.5 Å². The maximum Gasteiger partial charge on any atom is 0.0826 e. The van der Waals surface area contributed by atoms with Crippen molar-refractivity contribution in [3.8, 4) is 0 Å². The standard InChI is InChI=1S/C14H21O/c1-3-4-5-9-12-15-13(2)14-10-7-6-8-11-14/h6-8,10-11,13H,2-5,9,12H2,1H3. The van der Waals surface area contributed by atoms with Crippen molar-refractivity contribution in [2.75, 3.05) is 6.61 Å². The molecule has 1 aromatic carbocycles. The fraction of sp³-hybridized carbons (Fsp3) is 0.500. The lowest BCUT2D eigenvalue weighted by molar-refractivity contribution is 0.0801. The van der Waals surface area contributed by atoms with E-state index in [9.17, 15) is 0 Å². The van der Waals surface area contributed by atoms with E-state index in [1.807, 2.05) is 18.2 Å². The van der Waals surface area contributed by atoms with Gasteiger partial charge in [0, 0.05) is 6.61 Å². The summed E-state index contributed by atoms with van der Waals surface area (Å²) in [7, 11) is 0. The largest absolute Gasteiger partial charge is 0.374 e. The van der Waals surface area contributed by atoms with Crippen LogP contribution in [0.3, 0.4) is 0 Å². The molecule has 83 valence electrons. The van der Waals surface area contributed by atoms with E-state index in [1.165, 1.54) is 19.3 Å². The Balaban J connectivity index is 2.16. The topological polar surface area (TPSA) is 9.23 Å². The van der Waals surface area contributed by atoms with Gasteiger partial charge in [0.2, 0.25) is 0 Å². The van der Waals surface area contributed by atoms with Gasteiger partial charge in [-0.15, -0.1) is 0 Å². The fourth-order valence-corrected chi connectivity index (χ4v) is 1.52. The molecule has 1 aromatic rings. The van der Waals surface area contributed by atoms with Gasteiger partial charge in [0.05, 0.1) is 6.10 Å². The lowest BCUT2D eigenvalue weighted by Crippen LogP contribution is -2.01. The number of unbranched alkanes of at least 4 members (excludes halogenated alkanes) is 3. The van der Waals surface area contributed by atoms with Crippen molar-refractivity contribution in [3.63, 3.8) is 0 Å². The van der Waals surface area contributed by atoms with Crippen molar-refractivity contribution >= 4 is 0 Å². The molecule has 0 aliphatic heterocycles. The first kappa shape index (κ1) is 12.3. The Morgan fingerprint density at radius 3 is 2.53 bits per heavy atom. The summed E-state index contributed by atoms with van der Waals surface area (Å²) >= 11 is 0. The Bertz CT molecular complexity index is 243. The first-order chi connectivity index (χ1) is 7.34. The zero-order valence-electron chi connectivity index (χ0n) is 9.61. The van der Waals surface area contributed by atoms with Crippen LogP contribution in [-0.4, -0.2) is 6.61 Å². The van der Waals surface area contributed by atoms with Crippen LogP contribution < -0.4 is 0 Å². The van der Waals surface area contributed by atoms with Crippen molar-refractivity contribution in [1.82, 2.24) is 0 Å². The van der Waals surface area contributed by atoms with Crippen molar-refractivity contribution in [2.24, 2.45) is 0 Å². The molecule has 0 heterocycles. The molecule has 0 aliphatic carbocycles. The lowest BCUT2D eigenvalue weighted by atomic mass is 10.1. The van der Waals surface area contributed by atoms with E-state index in [2.05, 4.69) is 26.0 Å². The summed E-state index contributed by atoms with van der Waals surface area (Å²) in [5.74, 6) is 0. The molecule has 1 radical (unpaired) electrons. The Morgan fingerprint density at radius 2 is 1.87 bits per heavy atom. The second-order valence-corrected chi connectivity index (χ2v) is 3.83. The second-order valence-electron chi connectivity index (χ2n) is 3.83. The van der Waals surface area contributed by atoms with Crippen molar-refractivity contribution in [2.45, 2.75) is 38.7 Å². The van der Waals surface area contributed by atoms with Gasteiger partial charge in [0.1, 0.15) is 0 Å². The monoisotopic (exact) mass is 205 g/mol. The third kappa shape index (κ3) is 4.98. The summed E-state index contributed by atoms with van der Waals surface area (Å²) in [5, 5.41) is 0. The maximum absolute atomic E-state index is 5.66. The second kappa shape index (κ2) is 7.47. The molecule has 1 unspecified atom stereocenters. The van der Waals surface area contributed by atoms with E-state index >= 15 is 0 Å². The third-order valence-corrected chi connectivity index (χ3v) is 2.49. The SMILES string of the molecule is [CH2]C(OCCCCCC)c1ccccc1. The minimum atomic E-state index is -0.0205. The zero-order valence-corrected chi connectivity index (χ0v) is 9.61. The summed E-state index contributed by atoms with van der Waals surface area (Å²) in [4.78, 5) is 0. The average molecular weight is 205 g/mol. The molecule has 1 rings (SSSR count). The molecule has 0 fully saturated rings. The molecule has 0 amide bonds. The van der Waals surface area contributed by atoms with Gasteiger partial charge in [-0.2, -0.15) is 0 Å². The van der Waals surface area contributed by atoms with E-state index < -0.39 is 0 Å². The van der Waals surface area contributed by atoms with Crippen molar-refractivity contribution in [3.05, 3.63) is 42.8 Å². The predicted octanol–water partition coefficient (Wildman–Crippen LogP) is 4.16. The first-order valence-electron chi connectivity index (χ1n) is 5.84. The highest BCUT2D eigenvalue weighted by atomic mass is 16.5. The maximum atomic E-state index is 5.66. The van der Waals surface area contributed by atoms with Crippen LogP contribution in [0.25, 0.3) is 0 Å². The highest BCUT2D eigenvalue weighted by molar-refractivity contribution is 5.18. The number of ether oxygens (including phenoxy) is 1. The summed E-state index contributed by atoms with van der Waals surface area (Å²) in [6.45, 7) is 7.04. The Hall–Kier alpha value is -0.820. The molecule has 1 nitrogen and oxygen atoms in total. The molecule has 1 atom stereocenters. The normalized spacial score (nSPS) is 12.7. The van der Waals surface area contributed by atoms with Gasteiger partial charge in [-0.1, -0.05) is 56.5 Å². The van der Waals surface area contributed by atoms with Gasteiger partial charge in [-0.25, -0.2) is 0 Å². The van der Waals surface area contributed by atoms with Crippen LogP contribution in [0.4, 0.5) is 0 Å². The average Bonchev–Trinajstić information content (AvgIpc) is 2.30. The summed E-state index contributed by atoms with van der Waals surface area (Å²) in [5.41, 5.74) is 1.16. The fourth-order valence-electron chi connectivity index (χ4n) is 1.52. The van der Waals surface area contributed by atoms with E-state index in [4.69, 9.17) is 4.74 Å². The first-order valence-corrected chi connectivity index (χ1v) is 5.84. The molecule has 0 bridgehead atoms. The minimum absolute atomic E-state index is 0.0205. The summed E-state index contributed by atoms with van der Waals surface area (Å²) in [6, 6.07) is 10.2. The summed E-state index contributed by atoms with van der Waals surface area (Å²) < 4.78 is 5.66. The molecule has 0 aliphatic rings. The van der Waals surface area contributed by atoms with Gasteiger partial charge < -0.3 is 4.74 Å². The van der Waals surface area contributed by atoms with E-state index in [1.54, 1.807) is 0 Å². The quantitative estimate of drug-likeness (QED) is 0.607. The third-order valence-electron chi connectivity index (χ3n) is 2.49. The number of hydrogen-bond acceptors (Lipinski definition) is 1. The summed E-state index contributed by atoms with van der Waals surface area (Å²) in [6.07, 6.45) is 4.96. The van der Waals surface area contributed by atoms with Gasteiger partial charge in [-0.05, 0) is 18.9 Å². The number of hydrogen-bond donors (Lipinski definition) is 0. The molecule has 0 N–H and O–H groups in total. The van der Waals surface area contributed by atoms with E-state index in [-0.39, 0.29) is 6.10 Å². The van der Waals surface area contributed by atoms with E-state index in [0.717, 1.165) is 18.6 Å². The molecule has 0 saturated carbocycles. The van der Waals surface area contributed by atoms with Crippen LogP contribution in [-0.2, 0) is 4.74 Å². The molecule has 0 saturated heterocycles. The van der Waals surface area contributed by atoms with Crippen molar-refractivity contribution in [1.29, 1.82) is 0 Å². The predicted molar refractivity (Wildman–Crippen MR) is 64.6 cm³/mol. The molecule has 1 heteroatoms. The minimum Gasteiger partial charge on any atom is -0.374 e. The highest BCUT2D eigenvalue weighted by Crippen LogP contribution is 2.15. The number of rotatable bonds is 7. The zero-order chi connectivity index (χ0) is 10.9. The van der Waals surface area contributed by atoms with Gasteiger partial charge >= 0.3 is 0 Å².